The minimum Gasteiger partial charge on any atom is -0.423 e. The summed E-state index contributed by atoms with van der Waals surface area (Å²) in [4.78, 5) is 25.6. The first-order valence-corrected chi connectivity index (χ1v) is 10.8. The van der Waals surface area contributed by atoms with E-state index in [4.69, 9.17) is 4.74 Å². The van der Waals surface area contributed by atoms with Crippen LogP contribution < -0.4 is 4.74 Å². The molecule has 1 fully saturated rings. The van der Waals surface area contributed by atoms with Crippen LogP contribution in [0.15, 0.2) is 47.4 Å². The minimum atomic E-state index is -3.76. The summed E-state index contributed by atoms with van der Waals surface area (Å²) in [5, 5.41) is 0. The molecule has 3 rings (SSSR count). The van der Waals surface area contributed by atoms with Crippen molar-refractivity contribution in [2.45, 2.75) is 25.7 Å². The number of piperazine rings is 1. The highest BCUT2D eigenvalue weighted by atomic mass is 32.2. The third kappa shape index (κ3) is 4.65. The lowest BCUT2D eigenvalue weighted by atomic mass is 10.1. The van der Waals surface area contributed by atoms with Gasteiger partial charge in [-0.2, -0.15) is 4.31 Å². The number of ether oxygens (including phenoxy) is 1. The van der Waals surface area contributed by atoms with Crippen molar-refractivity contribution in [2.75, 3.05) is 26.2 Å². The highest BCUT2D eigenvalue weighted by Crippen LogP contribution is 2.21. The number of carbonyl (C=O) groups excluding carboxylic acids is 2. The SMILES string of the molecule is CC(=O)N1CCN(S(=O)(=O)c2cccc(C(=O)Oc3ccc(C)c(C)c3)c2)CC1. The van der Waals surface area contributed by atoms with Crippen LogP contribution in [0.4, 0.5) is 0 Å². The van der Waals surface area contributed by atoms with Crippen molar-refractivity contribution in [1.29, 1.82) is 0 Å². The Kier molecular flexibility index (Phi) is 6.04. The number of amides is 1. The van der Waals surface area contributed by atoms with Gasteiger partial charge in [-0.3, -0.25) is 4.79 Å². The van der Waals surface area contributed by atoms with Crippen LogP contribution in [0.1, 0.15) is 28.4 Å². The first-order valence-electron chi connectivity index (χ1n) is 9.33. The smallest absolute Gasteiger partial charge is 0.343 e. The fraction of sp³-hybridized carbons (Fsp3) is 0.333. The second-order valence-corrected chi connectivity index (χ2v) is 9.01. The molecule has 0 N–H and O–H groups in total. The van der Waals surface area contributed by atoms with E-state index < -0.39 is 16.0 Å². The van der Waals surface area contributed by atoms with Crippen molar-refractivity contribution >= 4 is 21.9 Å². The zero-order chi connectivity index (χ0) is 21.2. The van der Waals surface area contributed by atoms with Gasteiger partial charge < -0.3 is 9.64 Å². The fourth-order valence-electron chi connectivity index (χ4n) is 3.12. The van der Waals surface area contributed by atoms with Crippen molar-refractivity contribution in [3.05, 3.63) is 59.2 Å². The summed E-state index contributed by atoms with van der Waals surface area (Å²) in [6, 6.07) is 11.2. The second-order valence-electron chi connectivity index (χ2n) is 7.07. The highest BCUT2D eigenvalue weighted by Gasteiger charge is 2.29. The molecule has 0 atom stereocenters. The van der Waals surface area contributed by atoms with E-state index in [0.717, 1.165) is 11.1 Å². The van der Waals surface area contributed by atoms with E-state index in [9.17, 15) is 18.0 Å². The van der Waals surface area contributed by atoms with Gasteiger partial charge in [-0.15, -0.1) is 0 Å². The number of aryl methyl sites for hydroxylation is 2. The molecule has 154 valence electrons. The first-order chi connectivity index (χ1) is 13.7. The van der Waals surface area contributed by atoms with Crippen LogP contribution in [0.5, 0.6) is 5.75 Å². The Morgan fingerprint density at radius 3 is 2.24 bits per heavy atom. The third-order valence-corrected chi connectivity index (χ3v) is 6.98. The summed E-state index contributed by atoms with van der Waals surface area (Å²) < 4.78 is 32.6. The number of hydrogen-bond donors (Lipinski definition) is 0. The maximum atomic E-state index is 12.9. The summed E-state index contributed by atoms with van der Waals surface area (Å²) in [6.07, 6.45) is 0. The molecule has 0 unspecified atom stereocenters. The van der Waals surface area contributed by atoms with E-state index in [1.54, 1.807) is 17.0 Å². The van der Waals surface area contributed by atoms with E-state index in [1.807, 2.05) is 19.9 Å². The first kappa shape index (κ1) is 21.0. The predicted octanol–water partition coefficient (Wildman–Crippen LogP) is 2.38. The van der Waals surface area contributed by atoms with Crippen molar-refractivity contribution in [3.63, 3.8) is 0 Å². The van der Waals surface area contributed by atoms with Gasteiger partial charge in [0.2, 0.25) is 15.9 Å². The zero-order valence-corrected chi connectivity index (χ0v) is 17.5. The van der Waals surface area contributed by atoms with Gasteiger partial charge in [-0.05, 0) is 55.3 Å². The quantitative estimate of drug-likeness (QED) is 0.564. The number of rotatable bonds is 4. The number of benzene rings is 2. The van der Waals surface area contributed by atoms with E-state index in [2.05, 4.69) is 0 Å². The van der Waals surface area contributed by atoms with Crippen LogP contribution in [0.2, 0.25) is 0 Å². The molecule has 1 aliphatic rings. The lowest BCUT2D eigenvalue weighted by Crippen LogP contribution is -2.49. The van der Waals surface area contributed by atoms with Crippen LogP contribution in [-0.2, 0) is 14.8 Å². The summed E-state index contributed by atoms with van der Waals surface area (Å²) in [5.41, 5.74) is 2.24. The number of hydrogen-bond acceptors (Lipinski definition) is 5. The Morgan fingerprint density at radius 2 is 1.62 bits per heavy atom. The van der Waals surface area contributed by atoms with Gasteiger partial charge in [-0.1, -0.05) is 12.1 Å². The van der Waals surface area contributed by atoms with Crippen LogP contribution in [0.3, 0.4) is 0 Å². The topological polar surface area (TPSA) is 84.0 Å². The number of carbonyl (C=O) groups is 2. The predicted molar refractivity (Wildman–Crippen MR) is 108 cm³/mol. The molecule has 29 heavy (non-hydrogen) atoms. The van der Waals surface area contributed by atoms with Crippen LogP contribution in [-0.4, -0.2) is 55.7 Å². The summed E-state index contributed by atoms with van der Waals surface area (Å²) in [5.74, 6) is -0.281. The van der Waals surface area contributed by atoms with Gasteiger partial charge in [0.1, 0.15) is 5.75 Å². The average Bonchev–Trinajstić information content (AvgIpc) is 2.71. The Balaban J connectivity index is 1.77. The maximum Gasteiger partial charge on any atom is 0.343 e. The maximum absolute atomic E-state index is 12.9. The van der Waals surface area contributed by atoms with Crippen molar-refractivity contribution < 1.29 is 22.7 Å². The molecule has 8 heteroatoms. The molecule has 7 nitrogen and oxygen atoms in total. The summed E-state index contributed by atoms with van der Waals surface area (Å²) in [7, 11) is -3.76. The molecule has 0 spiro atoms. The lowest BCUT2D eigenvalue weighted by Gasteiger charge is -2.33. The normalized spacial score (nSPS) is 15.2. The largest absolute Gasteiger partial charge is 0.423 e. The molecular formula is C21H24N2O5S. The monoisotopic (exact) mass is 416 g/mol. The van der Waals surface area contributed by atoms with E-state index in [-0.39, 0.29) is 29.5 Å². The molecule has 0 radical (unpaired) electrons. The number of esters is 1. The Hall–Kier alpha value is -2.71. The molecule has 0 aromatic heterocycles. The second kappa shape index (κ2) is 8.34. The minimum absolute atomic E-state index is 0.0308. The molecule has 2 aromatic rings. The molecule has 0 bridgehead atoms. The van der Waals surface area contributed by atoms with Crippen LogP contribution in [0.25, 0.3) is 0 Å². The average molecular weight is 416 g/mol. The van der Waals surface area contributed by atoms with Gasteiger partial charge in [0.05, 0.1) is 10.5 Å². The number of sulfonamides is 1. The molecule has 0 aliphatic carbocycles. The van der Waals surface area contributed by atoms with Gasteiger partial charge in [0.15, 0.2) is 0 Å². The van der Waals surface area contributed by atoms with E-state index in [0.29, 0.717) is 18.8 Å². The Labute approximate surface area is 170 Å². The van der Waals surface area contributed by atoms with E-state index >= 15 is 0 Å². The molecule has 0 saturated carbocycles. The van der Waals surface area contributed by atoms with Crippen molar-refractivity contribution in [2.24, 2.45) is 0 Å². The molecule has 1 amide bonds. The summed E-state index contributed by atoms with van der Waals surface area (Å²) in [6.45, 7) is 6.50. The van der Waals surface area contributed by atoms with Gasteiger partial charge in [0, 0.05) is 33.1 Å². The molecule has 1 saturated heterocycles. The third-order valence-electron chi connectivity index (χ3n) is 5.08. The molecule has 1 heterocycles. The Morgan fingerprint density at radius 1 is 0.931 bits per heavy atom. The van der Waals surface area contributed by atoms with Crippen LogP contribution >= 0.6 is 0 Å². The van der Waals surface area contributed by atoms with E-state index in [1.165, 1.54) is 35.5 Å². The number of nitrogens with zero attached hydrogens (tertiary/aromatic N) is 2. The fourth-order valence-corrected chi connectivity index (χ4v) is 4.59. The van der Waals surface area contributed by atoms with Gasteiger partial charge in [0.25, 0.3) is 0 Å². The summed E-state index contributed by atoms with van der Waals surface area (Å²) >= 11 is 0. The van der Waals surface area contributed by atoms with Gasteiger partial charge in [-0.25, -0.2) is 13.2 Å². The van der Waals surface area contributed by atoms with Crippen molar-refractivity contribution in [3.8, 4) is 5.75 Å². The highest BCUT2D eigenvalue weighted by molar-refractivity contribution is 7.89. The molecule has 2 aromatic carbocycles. The Bertz CT molecular complexity index is 1040. The van der Waals surface area contributed by atoms with Crippen LogP contribution in [0, 0.1) is 13.8 Å². The van der Waals surface area contributed by atoms with Crippen molar-refractivity contribution in [1.82, 2.24) is 9.21 Å². The lowest BCUT2D eigenvalue weighted by molar-refractivity contribution is -0.129. The standard InChI is InChI=1S/C21H24N2O5S/c1-15-7-8-19(13-16(15)2)28-21(25)18-5-4-6-20(14-18)29(26,27)23-11-9-22(10-12-23)17(3)24/h4-8,13-14H,9-12H2,1-3H3. The van der Waals surface area contributed by atoms with Gasteiger partial charge >= 0.3 is 5.97 Å². The zero-order valence-electron chi connectivity index (χ0n) is 16.7. The molecular weight excluding hydrogens is 392 g/mol. The molecule has 1 aliphatic heterocycles.